The molecule has 0 aliphatic carbocycles. The summed E-state index contributed by atoms with van der Waals surface area (Å²) >= 11 is 0. The van der Waals surface area contributed by atoms with E-state index in [0.29, 0.717) is 0 Å². The second-order valence-corrected chi connectivity index (χ2v) is 6.26. The van der Waals surface area contributed by atoms with Crippen molar-refractivity contribution in [1.29, 1.82) is 0 Å². The number of nitrogens with zero attached hydrogens (tertiary/aromatic N) is 2. The van der Waals surface area contributed by atoms with E-state index >= 15 is 0 Å². The summed E-state index contributed by atoms with van der Waals surface area (Å²) in [4.78, 5) is 14.1. The number of carbonyl (C=O) groups is 1. The molecule has 0 fully saturated rings. The summed E-state index contributed by atoms with van der Waals surface area (Å²) < 4.78 is 2.19. The highest BCUT2D eigenvalue weighted by atomic mass is 16.2. The summed E-state index contributed by atoms with van der Waals surface area (Å²) in [5, 5.41) is 4.03. The van der Waals surface area contributed by atoms with Crippen LogP contribution in [0.15, 0.2) is 30.5 Å². The number of hydrogen-bond acceptors (Lipinski definition) is 3. The van der Waals surface area contributed by atoms with Gasteiger partial charge < -0.3 is 20.5 Å². The zero-order valence-corrected chi connectivity index (χ0v) is 13.2. The smallest absolute Gasteiger partial charge is 0.243 e. The average Bonchev–Trinajstić information content (AvgIpc) is 2.77. The predicted molar refractivity (Wildman–Crippen MR) is 87.4 cm³/mol. The van der Waals surface area contributed by atoms with Gasteiger partial charge in [0.2, 0.25) is 5.91 Å². The third-order valence-electron chi connectivity index (χ3n) is 3.41. The average molecular weight is 288 g/mol. The van der Waals surface area contributed by atoms with Crippen LogP contribution in [0.25, 0.3) is 10.9 Å². The molecule has 1 heterocycles. The Bertz CT molecular complexity index is 637. The van der Waals surface area contributed by atoms with E-state index in [1.807, 2.05) is 18.2 Å². The maximum absolute atomic E-state index is 12.0. The summed E-state index contributed by atoms with van der Waals surface area (Å²) in [6.45, 7) is 5.27. The number of likely N-dealkylation sites (N-methyl/N-ethyl adjacent to an activating group) is 1. The number of nitrogens with two attached hydrogens (primary N) is 1. The number of anilines is 1. The molecular formula is C16H24N4O. The van der Waals surface area contributed by atoms with Crippen molar-refractivity contribution >= 4 is 22.5 Å². The van der Waals surface area contributed by atoms with Crippen molar-refractivity contribution in [3.05, 3.63) is 30.5 Å². The van der Waals surface area contributed by atoms with Crippen molar-refractivity contribution in [2.24, 2.45) is 5.73 Å². The molecule has 0 saturated heterocycles. The lowest BCUT2D eigenvalue weighted by molar-refractivity contribution is -0.120. The summed E-state index contributed by atoms with van der Waals surface area (Å²) in [6, 6.07) is 8.00. The van der Waals surface area contributed by atoms with Gasteiger partial charge in [0.05, 0.1) is 11.1 Å². The minimum absolute atomic E-state index is 0.187. The maximum Gasteiger partial charge on any atom is 0.243 e. The molecule has 2 rings (SSSR count). The fraction of sp³-hybridized carbons (Fsp3) is 0.438. The quantitative estimate of drug-likeness (QED) is 0.883. The molecule has 0 bridgehead atoms. The van der Waals surface area contributed by atoms with Gasteiger partial charge in [0, 0.05) is 25.0 Å². The van der Waals surface area contributed by atoms with Crippen LogP contribution in [-0.2, 0) is 11.3 Å². The number of nitrogens with one attached hydrogen (secondary N) is 1. The lowest BCUT2D eigenvalue weighted by Crippen LogP contribution is -2.45. The van der Waals surface area contributed by atoms with E-state index in [1.165, 1.54) is 5.39 Å². The molecule has 1 aromatic heterocycles. The SMILES string of the molecule is CN(C)CCn1ccc2ccc(NC(=O)C(C)(C)N)cc21. The third-order valence-corrected chi connectivity index (χ3v) is 3.41. The largest absolute Gasteiger partial charge is 0.346 e. The van der Waals surface area contributed by atoms with E-state index < -0.39 is 5.54 Å². The van der Waals surface area contributed by atoms with Gasteiger partial charge in [-0.1, -0.05) is 6.07 Å². The monoisotopic (exact) mass is 288 g/mol. The molecule has 0 atom stereocenters. The van der Waals surface area contributed by atoms with Gasteiger partial charge in [-0.05, 0) is 51.5 Å². The van der Waals surface area contributed by atoms with Crippen LogP contribution in [0, 0.1) is 0 Å². The number of rotatable bonds is 5. The van der Waals surface area contributed by atoms with E-state index in [-0.39, 0.29) is 5.91 Å². The molecule has 3 N–H and O–H groups in total. The first-order chi connectivity index (χ1) is 9.77. The molecule has 0 unspecified atom stereocenters. The Kier molecular flexibility index (Phi) is 4.34. The Morgan fingerprint density at radius 2 is 2.05 bits per heavy atom. The van der Waals surface area contributed by atoms with Crippen molar-refractivity contribution in [3.8, 4) is 0 Å². The van der Waals surface area contributed by atoms with Gasteiger partial charge in [-0.15, -0.1) is 0 Å². The normalized spacial score (nSPS) is 12.1. The van der Waals surface area contributed by atoms with Gasteiger partial charge in [-0.25, -0.2) is 0 Å². The van der Waals surface area contributed by atoms with Crippen LogP contribution >= 0.6 is 0 Å². The van der Waals surface area contributed by atoms with Gasteiger partial charge in [-0.2, -0.15) is 0 Å². The van der Waals surface area contributed by atoms with Crippen molar-refractivity contribution in [2.75, 3.05) is 26.0 Å². The molecule has 1 aromatic carbocycles. The Morgan fingerprint density at radius 3 is 2.67 bits per heavy atom. The van der Waals surface area contributed by atoms with E-state index in [1.54, 1.807) is 13.8 Å². The highest BCUT2D eigenvalue weighted by Crippen LogP contribution is 2.21. The van der Waals surface area contributed by atoms with E-state index in [2.05, 4.69) is 41.1 Å². The van der Waals surface area contributed by atoms with E-state index in [4.69, 9.17) is 5.73 Å². The first kappa shape index (κ1) is 15.5. The standard InChI is InChI=1S/C16H24N4O/c1-16(2,17)15(21)18-13-6-5-12-7-8-20(14(12)11-13)10-9-19(3)4/h5-8,11H,9-10,17H2,1-4H3,(H,18,21). The minimum Gasteiger partial charge on any atom is -0.346 e. The fourth-order valence-corrected chi connectivity index (χ4v) is 2.06. The highest BCUT2D eigenvalue weighted by Gasteiger charge is 2.21. The first-order valence-corrected chi connectivity index (χ1v) is 7.11. The van der Waals surface area contributed by atoms with Crippen LogP contribution < -0.4 is 11.1 Å². The molecule has 5 nitrogen and oxygen atoms in total. The molecule has 114 valence electrons. The minimum atomic E-state index is -0.887. The van der Waals surface area contributed by atoms with Crippen LogP contribution in [0.3, 0.4) is 0 Å². The van der Waals surface area contributed by atoms with Crippen molar-refractivity contribution in [2.45, 2.75) is 25.9 Å². The van der Waals surface area contributed by atoms with E-state index in [9.17, 15) is 4.79 Å². The van der Waals surface area contributed by atoms with Crippen LogP contribution in [0.4, 0.5) is 5.69 Å². The fourth-order valence-electron chi connectivity index (χ4n) is 2.06. The van der Waals surface area contributed by atoms with Gasteiger partial charge in [-0.3, -0.25) is 4.79 Å². The zero-order chi connectivity index (χ0) is 15.6. The number of amides is 1. The molecule has 0 spiro atoms. The second kappa shape index (κ2) is 5.87. The molecule has 0 radical (unpaired) electrons. The Labute approximate surface area is 125 Å². The van der Waals surface area contributed by atoms with Gasteiger partial charge >= 0.3 is 0 Å². The third kappa shape index (κ3) is 3.83. The Balaban J connectivity index is 2.23. The predicted octanol–water partition coefficient (Wildman–Crippen LogP) is 1.88. The summed E-state index contributed by atoms with van der Waals surface area (Å²) in [6.07, 6.45) is 2.08. The van der Waals surface area contributed by atoms with E-state index in [0.717, 1.165) is 24.3 Å². The molecular weight excluding hydrogens is 264 g/mol. The number of fused-ring (bicyclic) bond motifs is 1. The molecule has 5 heteroatoms. The van der Waals surface area contributed by atoms with Gasteiger partial charge in [0.15, 0.2) is 0 Å². The van der Waals surface area contributed by atoms with Gasteiger partial charge in [0.25, 0.3) is 0 Å². The maximum atomic E-state index is 12.0. The van der Waals surface area contributed by atoms with Crippen LogP contribution in [0.2, 0.25) is 0 Å². The van der Waals surface area contributed by atoms with Crippen LogP contribution in [-0.4, -0.2) is 41.6 Å². The number of carbonyl (C=O) groups excluding carboxylic acids is 1. The highest BCUT2D eigenvalue weighted by molar-refractivity contribution is 5.98. The Morgan fingerprint density at radius 1 is 1.33 bits per heavy atom. The zero-order valence-electron chi connectivity index (χ0n) is 13.2. The molecule has 2 aromatic rings. The number of hydrogen-bond donors (Lipinski definition) is 2. The lowest BCUT2D eigenvalue weighted by Gasteiger charge is -2.18. The summed E-state index contributed by atoms with van der Waals surface area (Å²) in [5.74, 6) is -0.187. The first-order valence-electron chi connectivity index (χ1n) is 7.11. The van der Waals surface area contributed by atoms with Crippen LogP contribution in [0.5, 0.6) is 0 Å². The molecule has 0 aliphatic rings. The van der Waals surface area contributed by atoms with Gasteiger partial charge in [0.1, 0.15) is 0 Å². The topological polar surface area (TPSA) is 63.3 Å². The van der Waals surface area contributed by atoms with Crippen molar-refractivity contribution < 1.29 is 4.79 Å². The molecule has 0 aliphatic heterocycles. The second-order valence-electron chi connectivity index (χ2n) is 6.26. The van der Waals surface area contributed by atoms with Crippen molar-refractivity contribution in [1.82, 2.24) is 9.47 Å². The lowest BCUT2D eigenvalue weighted by atomic mass is 10.1. The number of benzene rings is 1. The summed E-state index contributed by atoms with van der Waals surface area (Å²) in [5.41, 5.74) is 6.81. The molecule has 0 saturated carbocycles. The molecule has 21 heavy (non-hydrogen) atoms. The molecule has 1 amide bonds. The number of aromatic nitrogens is 1. The van der Waals surface area contributed by atoms with Crippen LogP contribution in [0.1, 0.15) is 13.8 Å². The Hall–Kier alpha value is -1.85. The van der Waals surface area contributed by atoms with Crippen molar-refractivity contribution in [3.63, 3.8) is 0 Å². The summed E-state index contributed by atoms with van der Waals surface area (Å²) in [7, 11) is 4.11.